The normalized spacial score (nSPS) is 33.2. The zero-order valence-electron chi connectivity index (χ0n) is 13.5. The van der Waals surface area contributed by atoms with Crippen molar-refractivity contribution in [3.63, 3.8) is 0 Å². The highest BCUT2D eigenvalue weighted by molar-refractivity contribution is 5.48. The molecule has 0 radical (unpaired) electrons. The topological polar surface area (TPSA) is 15.8 Å². The van der Waals surface area contributed by atoms with Crippen LogP contribution >= 0.6 is 0 Å². The minimum Gasteiger partial charge on any atom is -0.349 e. The highest BCUT2D eigenvalue weighted by Crippen LogP contribution is 2.63. The number of benzene rings is 2. The lowest BCUT2D eigenvalue weighted by atomic mass is 9.67. The second kappa shape index (κ2) is 4.68. The van der Waals surface area contributed by atoms with Gasteiger partial charge >= 0.3 is 0 Å². The molecule has 0 bridgehead atoms. The second-order valence-corrected chi connectivity index (χ2v) is 6.76. The molecule has 114 valence electrons. The molecule has 2 fully saturated rings. The third-order valence-corrected chi connectivity index (χ3v) is 5.78. The second-order valence-electron chi connectivity index (χ2n) is 6.76. The fourth-order valence-electron chi connectivity index (χ4n) is 4.67. The molecule has 22 heavy (non-hydrogen) atoms. The Kier molecular flexibility index (Phi) is 2.97. The summed E-state index contributed by atoms with van der Waals surface area (Å²) in [7, 11) is 2.21. The molecular weight excluding hydrogens is 270 g/mol. The van der Waals surface area contributed by atoms with Gasteiger partial charge in [0.25, 0.3) is 0 Å². The van der Waals surface area contributed by atoms with Crippen molar-refractivity contribution in [1.82, 2.24) is 4.90 Å². The quantitative estimate of drug-likeness (QED) is 0.783. The third kappa shape index (κ3) is 1.57. The summed E-state index contributed by atoms with van der Waals surface area (Å²) in [6.07, 6.45) is 1.34. The summed E-state index contributed by atoms with van der Waals surface area (Å²) in [6, 6.07) is 22.3. The molecule has 2 aromatic rings. The number of nitrogens with zero attached hydrogens (tertiary/aromatic N) is 1. The molecular formula is C20H23NO. The lowest BCUT2D eigenvalue weighted by molar-refractivity contribution is 0.0910. The van der Waals surface area contributed by atoms with Gasteiger partial charge in [0.05, 0.1) is 5.41 Å². The Morgan fingerprint density at radius 3 is 1.77 bits per heavy atom. The average molecular weight is 293 g/mol. The number of rotatable bonds is 2. The van der Waals surface area contributed by atoms with Crippen molar-refractivity contribution in [2.24, 2.45) is 0 Å². The average Bonchev–Trinajstić information content (AvgIpc) is 3.19. The minimum atomic E-state index is -0.213. The van der Waals surface area contributed by atoms with Crippen molar-refractivity contribution in [2.45, 2.75) is 43.6 Å². The van der Waals surface area contributed by atoms with E-state index in [1.807, 2.05) is 0 Å². The van der Waals surface area contributed by atoms with Crippen LogP contribution in [0, 0.1) is 0 Å². The monoisotopic (exact) mass is 293 g/mol. The zero-order valence-corrected chi connectivity index (χ0v) is 13.5. The van der Waals surface area contributed by atoms with Crippen LogP contribution in [0.1, 0.15) is 31.4 Å². The van der Waals surface area contributed by atoms with Gasteiger partial charge in [-0.05, 0) is 38.4 Å². The molecule has 2 aromatic carbocycles. The Bertz CT molecular complexity index is 629. The van der Waals surface area contributed by atoms with E-state index in [-0.39, 0.29) is 17.2 Å². The van der Waals surface area contributed by atoms with E-state index < -0.39 is 0 Å². The molecule has 2 aliphatic heterocycles. The summed E-state index contributed by atoms with van der Waals surface area (Å²) >= 11 is 0. The standard InChI is InChI=1S/C20H23NO/c1-15-14-19(17-10-6-4-7-11-17,18-12-8-5-9-13-18)20(21(15)3)16(2)22-20/h4-13,15-16H,14H2,1-3H3. The first-order chi connectivity index (χ1) is 10.6. The maximum atomic E-state index is 6.30. The summed E-state index contributed by atoms with van der Waals surface area (Å²) in [6.45, 7) is 4.51. The van der Waals surface area contributed by atoms with Gasteiger partial charge < -0.3 is 4.74 Å². The molecule has 4 rings (SSSR count). The zero-order chi connectivity index (χ0) is 15.4. The summed E-state index contributed by atoms with van der Waals surface area (Å²) in [5.74, 6) is 0. The van der Waals surface area contributed by atoms with Crippen LogP contribution < -0.4 is 0 Å². The molecule has 0 saturated carbocycles. The van der Waals surface area contributed by atoms with Gasteiger partial charge in [0, 0.05) is 6.04 Å². The first-order valence-corrected chi connectivity index (χ1v) is 8.15. The van der Waals surface area contributed by atoms with Crippen molar-refractivity contribution >= 4 is 0 Å². The molecule has 3 unspecified atom stereocenters. The van der Waals surface area contributed by atoms with Crippen LogP contribution in [0.25, 0.3) is 0 Å². The van der Waals surface area contributed by atoms with E-state index in [0.717, 1.165) is 6.42 Å². The van der Waals surface area contributed by atoms with E-state index in [0.29, 0.717) is 6.04 Å². The molecule has 0 N–H and O–H groups in total. The number of likely N-dealkylation sites (N-methyl/N-ethyl adjacent to an activating group) is 1. The molecule has 2 aliphatic rings. The summed E-state index contributed by atoms with van der Waals surface area (Å²) < 4.78 is 6.30. The maximum absolute atomic E-state index is 6.30. The van der Waals surface area contributed by atoms with Gasteiger partial charge in [0.2, 0.25) is 0 Å². The molecule has 2 heterocycles. The molecule has 3 atom stereocenters. The molecule has 1 spiro atoms. The minimum absolute atomic E-state index is 0.0941. The van der Waals surface area contributed by atoms with E-state index in [9.17, 15) is 0 Å². The molecule has 2 heteroatoms. The first-order valence-electron chi connectivity index (χ1n) is 8.15. The largest absolute Gasteiger partial charge is 0.349 e. The van der Waals surface area contributed by atoms with Gasteiger partial charge in [-0.3, -0.25) is 4.90 Å². The number of hydrogen-bond acceptors (Lipinski definition) is 2. The van der Waals surface area contributed by atoms with Gasteiger partial charge in [-0.2, -0.15) is 0 Å². The Labute approximate surface area is 132 Å². The maximum Gasteiger partial charge on any atom is 0.162 e. The predicted molar refractivity (Wildman–Crippen MR) is 88.8 cm³/mol. The van der Waals surface area contributed by atoms with Gasteiger partial charge in [0.1, 0.15) is 6.10 Å². The lowest BCUT2D eigenvalue weighted by Crippen LogP contribution is -2.47. The smallest absolute Gasteiger partial charge is 0.162 e. The Morgan fingerprint density at radius 1 is 0.909 bits per heavy atom. The summed E-state index contributed by atoms with van der Waals surface area (Å²) in [5.41, 5.74) is 2.42. The Morgan fingerprint density at radius 2 is 1.36 bits per heavy atom. The number of ether oxygens (including phenoxy) is 1. The SMILES string of the molecule is CC1CC(c2ccccc2)(c2ccccc2)C2(OC2C)N1C. The third-order valence-electron chi connectivity index (χ3n) is 5.78. The molecule has 0 aliphatic carbocycles. The van der Waals surface area contributed by atoms with Crippen molar-refractivity contribution < 1.29 is 4.74 Å². The highest BCUT2D eigenvalue weighted by atomic mass is 16.6. The van der Waals surface area contributed by atoms with E-state index in [1.54, 1.807) is 0 Å². The van der Waals surface area contributed by atoms with Crippen LogP contribution in [0.4, 0.5) is 0 Å². The summed E-state index contributed by atoms with van der Waals surface area (Å²) in [4.78, 5) is 2.44. The molecule has 0 amide bonds. The number of hydrogen-bond donors (Lipinski definition) is 0. The lowest BCUT2D eigenvalue weighted by Gasteiger charge is -2.37. The van der Waals surface area contributed by atoms with Gasteiger partial charge in [-0.1, -0.05) is 60.7 Å². The fourth-order valence-corrected chi connectivity index (χ4v) is 4.67. The van der Waals surface area contributed by atoms with Crippen LogP contribution in [0.5, 0.6) is 0 Å². The number of likely N-dealkylation sites (tertiary alicyclic amines) is 1. The van der Waals surface area contributed by atoms with Crippen molar-refractivity contribution in [3.05, 3.63) is 71.8 Å². The van der Waals surface area contributed by atoms with Crippen LogP contribution in [-0.4, -0.2) is 29.8 Å². The van der Waals surface area contributed by atoms with Crippen molar-refractivity contribution in [2.75, 3.05) is 7.05 Å². The van der Waals surface area contributed by atoms with Gasteiger partial charge in [0.15, 0.2) is 5.72 Å². The Balaban J connectivity index is 1.99. The summed E-state index contributed by atoms with van der Waals surface area (Å²) in [5, 5.41) is 0. The molecule has 2 saturated heterocycles. The van der Waals surface area contributed by atoms with Crippen molar-refractivity contribution in [3.8, 4) is 0 Å². The van der Waals surface area contributed by atoms with E-state index >= 15 is 0 Å². The van der Waals surface area contributed by atoms with Gasteiger partial charge in [-0.25, -0.2) is 0 Å². The molecule has 0 aromatic heterocycles. The highest BCUT2D eigenvalue weighted by Gasteiger charge is 2.74. The van der Waals surface area contributed by atoms with Crippen LogP contribution in [0.3, 0.4) is 0 Å². The van der Waals surface area contributed by atoms with E-state index in [1.165, 1.54) is 11.1 Å². The number of epoxide rings is 1. The van der Waals surface area contributed by atoms with Crippen LogP contribution in [0.2, 0.25) is 0 Å². The van der Waals surface area contributed by atoms with E-state index in [4.69, 9.17) is 4.74 Å². The fraction of sp³-hybridized carbons (Fsp3) is 0.400. The van der Waals surface area contributed by atoms with Crippen LogP contribution in [-0.2, 0) is 10.2 Å². The van der Waals surface area contributed by atoms with E-state index in [2.05, 4.69) is 86.5 Å². The Hall–Kier alpha value is -1.64. The van der Waals surface area contributed by atoms with Gasteiger partial charge in [-0.15, -0.1) is 0 Å². The van der Waals surface area contributed by atoms with Crippen LogP contribution in [0.15, 0.2) is 60.7 Å². The first kappa shape index (κ1) is 14.0. The molecule has 2 nitrogen and oxygen atoms in total. The predicted octanol–water partition coefficient (Wildman–Crippen LogP) is 3.81. The van der Waals surface area contributed by atoms with Crippen molar-refractivity contribution in [1.29, 1.82) is 0 Å².